The lowest BCUT2D eigenvalue weighted by molar-refractivity contribution is -0.158. The number of nitrogens with one attached hydrogen (secondary N) is 3. The van der Waals surface area contributed by atoms with E-state index in [2.05, 4.69) is 22.9 Å². The molecule has 6 atom stereocenters. The molecule has 222 valence electrons. The Morgan fingerprint density at radius 1 is 0.756 bits per heavy atom. The maximum absolute atomic E-state index is 13.7. The van der Waals surface area contributed by atoms with Gasteiger partial charge in [0.05, 0.1) is 6.42 Å². The van der Waals surface area contributed by atoms with Gasteiger partial charge in [-0.15, -0.1) is 0 Å². The second-order valence-electron chi connectivity index (χ2n) is 11.2. The summed E-state index contributed by atoms with van der Waals surface area (Å²) in [5.74, 6) is -2.14. The van der Waals surface area contributed by atoms with Crippen LogP contribution in [0.1, 0.15) is 70.9 Å². The van der Waals surface area contributed by atoms with E-state index in [1.807, 2.05) is 81.4 Å². The molecule has 0 saturated carbocycles. The van der Waals surface area contributed by atoms with Crippen molar-refractivity contribution in [2.45, 2.75) is 96.9 Å². The van der Waals surface area contributed by atoms with Gasteiger partial charge in [-0.2, -0.15) is 0 Å². The van der Waals surface area contributed by atoms with E-state index in [0.29, 0.717) is 6.42 Å². The molecule has 0 radical (unpaired) electrons. The minimum Gasteiger partial charge on any atom is -0.460 e. The Labute approximate surface area is 244 Å². The maximum atomic E-state index is 13.7. The number of benzene rings is 2. The Morgan fingerprint density at radius 2 is 1.29 bits per heavy atom. The summed E-state index contributed by atoms with van der Waals surface area (Å²) in [6, 6.07) is 16.0. The third-order valence-corrected chi connectivity index (χ3v) is 7.92. The number of unbranched alkanes of at least 4 members (excludes halogenated alkanes) is 1. The van der Waals surface area contributed by atoms with E-state index in [-0.39, 0.29) is 37.0 Å². The molecular formula is C33H45N3O5. The first-order chi connectivity index (χ1) is 19.7. The van der Waals surface area contributed by atoms with E-state index < -0.39 is 42.0 Å². The minimum absolute atomic E-state index is 0.0657. The molecule has 3 amide bonds. The maximum Gasteiger partial charge on any atom is 0.329 e. The van der Waals surface area contributed by atoms with Crippen LogP contribution in [0.15, 0.2) is 60.7 Å². The first kappa shape index (κ1) is 31.8. The normalized spacial score (nSPS) is 23.9. The van der Waals surface area contributed by atoms with E-state index >= 15 is 0 Å². The first-order valence-electron chi connectivity index (χ1n) is 14.9. The lowest BCUT2D eigenvalue weighted by Gasteiger charge is -2.29. The van der Waals surface area contributed by atoms with Crippen LogP contribution in [0.25, 0.3) is 0 Å². The van der Waals surface area contributed by atoms with Crippen molar-refractivity contribution in [3.8, 4) is 0 Å². The van der Waals surface area contributed by atoms with Gasteiger partial charge in [0.2, 0.25) is 17.7 Å². The van der Waals surface area contributed by atoms with Crippen molar-refractivity contribution in [1.82, 2.24) is 16.0 Å². The molecule has 8 heteroatoms. The molecule has 2 aromatic carbocycles. The molecule has 1 fully saturated rings. The van der Waals surface area contributed by atoms with Gasteiger partial charge in [-0.3, -0.25) is 14.4 Å². The second-order valence-corrected chi connectivity index (χ2v) is 11.2. The zero-order valence-electron chi connectivity index (χ0n) is 24.7. The zero-order valence-corrected chi connectivity index (χ0v) is 24.7. The summed E-state index contributed by atoms with van der Waals surface area (Å²) in [4.78, 5) is 54.3. The van der Waals surface area contributed by atoms with Gasteiger partial charge in [0.25, 0.3) is 0 Å². The van der Waals surface area contributed by atoms with Gasteiger partial charge < -0.3 is 20.7 Å². The SMILES string of the molecule is CCCCC(C)C1CC(=O)N[C@@H](Cc2ccccc2)C(=O)N[C@@H](Cc2ccccc2)C(=O)NC([C@H](C)CC)C(=O)O1. The molecule has 3 unspecified atom stereocenters. The molecule has 1 saturated heterocycles. The quantitative estimate of drug-likeness (QED) is 0.377. The summed E-state index contributed by atoms with van der Waals surface area (Å²) < 4.78 is 5.99. The number of esters is 1. The van der Waals surface area contributed by atoms with Crippen molar-refractivity contribution in [3.05, 3.63) is 71.8 Å². The van der Waals surface area contributed by atoms with Gasteiger partial charge in [-0.1, -0.05) is 108 Å². The van der Waals surface area contributed by atoms with Crippen molar-refractivity contribution in [2.24, 2.45) is 11.8 Å². The number of hydrogen-bond donors (Lipinski definition) is 3. The van der Waals surface area contributed by atoms with E-state index in [1.165, 1.54) is 0 Å². The average Bonchev–Trinajstić information content (AvgIpc) is 2.98. The number of hydrogen-bond acceptors (Lipinski definition) is 5. The van der Waals surface area contributed by atoms with Crippen LogP contribution < -0.4 is 16.0 Å². The Morgan fingerprint density at radius 3 is 1.83 bits per heavy atom. The highest BCUT2D eigenvalue weighted by atomic mass is 16.5. The van der Waals surface area contributed by atoms with Crippen LogP contribution >= 0.6 is 0 Å². The largest absolute Gasteiger partial charge is 0.460 e. The average molecular weight is 564 g/mol. The molecule has 41 heavy (non-hydrogen) atoms. The van der Waals surface area contributed by atoms with Crippen molar-refractivity contribution in [2.75, 3.05) is 0 Å². The van der Waals surface area contributed by atoms with Gasteiger partial charge in [0.1, 0.15) is 24.2 Å². The molecule has 3 N–H and O–H groups in total. The van der Waals surface area contributed by atoms with E-state index in [1.54, 1.807) is 0 Å². The number of amides is 3. The van der Waals surface area contributed by atoms with Crippen LogP contribution in [0, 0.1) is 11.8 Å². The molecule has 0 aromatic heterocycles. The van der Waals surface area contributed by atoms with Crippen molar-refractivity contribution in [3.63, 3.8) is 0 Å². The fourth-order valence-electron chi connectivity index (χ4n) is 5.04. The fourth-order valence-corrected chi connectivity index (χ4v) is 5.04. The first-order valence-corrected chi connectivity index (χ1v) is 14.9. The molecule has 1 heterocycles. The van der Waals surface area contributed by atoms with Gasteiger partial charge >= 0.3 is 5.97 Å². The van der Waals surface area contributed by atoms with E-state index in [0.717, 1.165) is 30.4 Å². The van der Waals surface area contributed by atoms with Crippen LogP contribution in [0.5, 0.6) is 0 Å². The van der Waals surface area contributed by atoms with Gasteiger partial charge in [-0.25, -0.2) is 4.79 Å². The Bertz CT molecular complexity index is 1140. The molecule has 2 aromatic rings. The third kappa shape index (κ3) is 9.73. The topological polar surface area (TPSA) is 114 Å². The number of rotatable bonds is 10. The van der Waals surface area contributed by atoms with Crippen molar-refractivity contribution >= 4 is 23.7 Å². The highest BCUT2D eigenvalue weighted by Gasteiger charge is 2.36. The fraction of sp³-hybridized carbons (Fsp3) is 0.515. The third-order valence-electron chi connectivity index (χ3n) is 7.92. The molecule has 8 nitrogen and oxygen atoms in total. The standard InChI is InChI=1S/C33H45N3O5/c1-5-7-14-23(4)28-21-29(37)34-26(19-24-15-10-8-11-16-24)31(38)35-27(20-25-17-12-9-13-18-25)32(39)36-30(22(3)6-2)33(40)41-28/h8-13,15-18,22-23,26-28,30H,5-7,14,19-21H2,1-4H3,(H,34,37)(H,35,38)(H,36,39)/t22-,23?,26+,27+,28?,30?/m1/s1. The molecule has 0 spiro atoms. The van der Waals surface area contributed by atoms with Crippen molar-refractivity contribution < 1.29 is 23.9 Å². The summed E-state index contributed by atoms with van der Waals surface area (Å²) in [6.45, 7) is 7.88. The Balaban J connectivity index is 1.99. The van der Waals surface area contributed by atoms with Crippen LogP contribution in [-0.2, 0) is 36.8 Å². The Kier molecular flexibility index (Phi) is 12.4. The molecule has 3 rings (SSSR count). The molecule has 1 aliphatic heterocycles. The molecular weight excluding hydrogens is 518 g/mol. The molecule has 1 aliphatic rings. The van der Waals surface area contributed by atoms with Gasteiger partial charge in [-0.05, 0) is 29.4 Å². The monoisotopic (exact) mass is 563 g/mol. The summed E-state index contributed by atoms with van der Waals surface area (Å²) in [5.41, 5.74) is 1.73. The lowest BCUT2D eigenvalue weighted by atomic mass is 9.94. The van der Waals surface area contributed by atoms with Gasteiger partial charge in [0, 0.05) is 12.8 Å². The number of ether oxygens (including phenoxy) is 1. The van der Waals surface area contributed by atoms with Crippen LogP contribution in [-0.4, -0.2) is 47.9 Å². The number of carbonyl (C=O) groups excluding carboxylic acids is 4. The predicted molar refractivity (Wildman–Crippen MR) is 159 cm³/mol. The van der Waals surface area contributed by atoms with E-state index in [9.17, 15) is 19.2 Å². The van der Waals surface area contributed by atoms with Crippen LogP contribution in [0.3, 0.4) is 0 Å². The van der Waals surface area contributed by atoms with Gasteiger partial charge in [0.15, 0.2) is 0 Å². The summed E-state index contributed by atoms with van der Waals surface area (Å²) in [6.07, 6.45) is 3.06. The summed E-state index contributed by atoms with van der Waals surface area (Å²) in [7, 11) is 0. The Hall–Kier alpha value is -3.68. The summed E-state index contributed by atoms with van der Waals surface area (Å²) in [5, 5.41) is 8.65. The lowest BCUT2D eigenvalue weighted by Crippen LogP contribution is -2.57. The highest BCUT2D eigenvalue weighted by molar-refractivity contribution is 5.94. The second kappa shape index (κ2) is 15.9. The summed E-state index contributed by atoms with van der Waals surface area (Å²) >= 11 is 0. The number of cyclic esters (lactones) is 1. The smallest absolute Gasteiger partial charge is 0.329 e. The van der Waals surface area contributed by atoms with Crippen LogP contribution in [0.2, 0.25) is 0 Å². The predicted octanol–water partition coefficient (Wildman–Crippen LogP) is 4.11. The van der Waals surface area contributed by atoms with Crippen molar-refractivity contribution in [1.29, 1.82) is 0 Å². The molecule has 0 bridgehead atoms. The highest BCUT2D eigenvalue weighted by Crippen LogP contribution is 2.21. The van der Waals surface area contributed by atoms with E-state index in [4.69, 9.17) is 4.74 Å². The molecule has 0 aliphatic carbocycles. The number of carbonyl (C=O) groups is 4. The van der Waals surface area contributed by atoms with Crippen LogP contribution in [0.4, 0.5) is 0 Å². The minimum atomic E-state index is -0.959. The zero-order chi connectivity index (χ0) is 29.8.